The molecule has 0 aliphatic carbocycles. The van der Waals surface area contributed by atoms with E-state index >= 15 is 0 Å². The standard InChI is InChI=1S/C12H16N4O4S2/c1-10(7-16-9-13-8-14-16)15-22(19,20)12-5-3-4-11(6-12)21(2,17)18/h3-6,8-10,15H,7H2,1-2H3. The molecule has 0 fully saturated rings. The number of sulfonamides is 1. The van der Waals surface area contributed by atoms with Gasteiger partial charge in [-0.1, -0.05) is 6.07 Å². The highest BCUT2D eigenvalue weighted by Gasteiger charge is 2.19. The van der Waals surface area contributed by atoms with Gasteiger partial charge >= 0.3 is 0 Å². The molecule has 2 rings (SSSR count). The van der Waals surface area contributed by atoms with Gasteiger partial charge in [0.25, 0.3) is 0 Å². The number of nitrogens with zero attached hydrogens (tertiary/aromatic N) is 3. The van der Waals surface area contributed by atoms with E-state index in [4.69, 9.17) is 0 Å². The Morgan fingerprint density at radius 3 is 2.50 bits per heavy atom. The van der Waals surface area contributed by atoms with E-state index < -0.39 is 25.9 Å². The lowest BCUT2D eigenvalue weighted by Gasteiger charge is -2.14. The molecule has 1 heterocycles. The highest BCUT2D eigenvalue weighted by molar-refractivity contribution is 7.91. The summed E-state index contributed by atoms with van der Waals surface area (Å²) < 4.78 is 51.6. The number of benzene rings is 1. The third kappa shape index (κ3) is 4.12. The third-order valence-electron chi connectivity index (χ3n) is 2.83. The Bertz CT molecular complexity index is 845. The number of hydrogen-bond acceptors (Lipinski definition) is 6. The average Bonchev–Trinajstić information content (AvgIpc) is 2.90. The predicted octanol–water partition coefficient (Wildman–Crippen LogP) is 0.0486. The molecule has 0 radical (unpaired) electrons. The summed E-state index contributed by atoms with van der Waals surface area (Å²) in [5.41, 5.74) is 0. The van der Waals surface area contributed by atoms with Crippen LogP contribution in [0.5, 0.6) is 0 Å². The third-order valence-corrected chi connectivity index (χ3v) is 5.53. The van der Waals surface area contributed by atoms with Gasteiger partial charge in [-0.15, -0.1) is 0 Å². The summed E-state index contributed by atoms with van der Waals surface area (Å²) in [7, 11) is -7.29. The van der Waals surface area contributed by atoms with Crippen LogP contribution in [0.15, 0.2) is 46.7 Å². The highest BCUT2D eigenvalue weighted by atomic mass is 32.2. The van der Waals surface area contributed by atoms with Gasteiger partial charge in [0.05, 0.1) is 16.3 Å². The minimum absolute atomic E-state index is 0.0423. The second-order valence-electron chi connectivity index (χ2n) is 4.89. The van der Waals surface area contributed by atoms with Crippen LogP contribution in [0.2, 0.25) is 0 Å². The Morgan fingerprint density at radius 1 is 1.23 bits per heavy atom. The van der Waals surface area contributed by atoms with E-state index in [2.05, 4.69) is 14.8 Å². The van der Waals surface area contributed by atoms with Crippen LogP contribution < -0.4 is 4.72 Å². The fraction of sp³-hybridized carbons (Fsp3) is 0.333. The SMILES string of the molecule is CC(Cn1cncn1)NS(=O)(=O)c1cccc(S(C)(=O)=O)c1. The minimum atomic E-state index is -3.82. The molecule has 22 heavy (non-hydrogen) atoms. The van der Waals surface area contributed by atoms with E-state index in [1.807, 2.05) is 0 Å². The maximum atomic E-state index is 12.3. The van der Waals surface area contributed by atoms with Gasteiger partial charge < -0.3 is 0 Å². The van der Waals surface area contributed by atoms with Crippen molar-refractivity contribution in [3.05, 3.63) is 36.9 Å². The molecule has 2 aromatic rings. The molecule has 1 aromatic heterocycles. The molecule has 10 heteroatoms. The highest BCUT2D eigenvalue weighted by Crippen LogP contribution is 2.16. The first kappa shape index (κ1) is 16.6. The molecule has 1 aromatic carbocycles. The lowest BCUT2D eigenvalue weighted by molar-refractivity contribution is 0.493. The smallest absolute Gasteiger partial charge is 0.240 e. The van der Waals surface area contributed by atoms with E-state index in [0.29, 0.717) is 6.54 Å². The first-order chi connectivity index (χ1) is 10.2. The quantitative estimate of drug-likeness (QED) is 0.792. The molecule has 0 aliphatic heterocycles. The molecule has 0 bridgehead atoms. The summed E-state index contributed by atoms with van der Waals surface area (Å²) in [5, 5.41) is 3.90. The molecule has 1 unspecified atom stereocenters. The summed E-state index contributed by atoms with van der Waals surface area (Å²) in [5.74, 6) is 0. The zero-order chi connectivity index (χ0) is 16.4. The van der Waals surface area contributed by atoms with Crippen molar-refractivity contribution in [2.75, 3.05) is 6.26 Å². The zero-order valence-corrected chi connectivity index (χ0v) is 13.7. The Hall–Kier alpha value is -1.78. The van der Waals surface area contributed by atoms with Gasteiger partial charge in [0, 0.05) is 12.3 Å². The first-order valence-electron chi connectivity index (χ1n) is 6.33. The zero-order valence-electron chi connectivity index (χ0n) is 12.0. The molecule has 0 saturated heterocycles. The van der Waals surface area contributed by atoms with Gasteiger partial charge in [0.15, 0.2) is 9.84 Å². The van der Waals surface area contributed by atoms with Crippen molar-refractivity contribution in [2.24, 2.45) is 0 Å². The molecule has 0 amide bonds. The summed E-state index contributed by atoms with van der Waals surface area (Å²) in [6.07, 6.45) is 3.87. The van der Waals surface area contributed by atoms with E-state index in [-0.39, 0.29) is 9.79 Å². The number of sulfone groups is 1. The molecule has 0 spiro atoms. The van der Waals surface area contributed by atoms with Crippen molar-refractivity contribution in [1.29, 1.82) is 0 Å². The average molecular weight is 344 g/mol. The lowest BCUT2D eigenvalue weighted by atomic mass is 10.4. The number of hydrogen-bond donors (Lipinski definition) is 1. The van der Waals surface area contributed by atoms with Crippen LogP contribution >= 0.6 is 0 Å². The van der Waals surface area contributed by atoms with Crippen molar-refractivity contribution in [3.8, 4) is 0 Å². The Kier molecular flexibility index (Phi) is 4.63. The van der Waals surface area contributed by atoms with Gasteiger partial charge in [0.1, 0.15) is 12.7 Å². The topological polar surface area (TPSA) is 111 Å². The largest absolute Gasteiger partial charge is 0.251 e. The Morgan fingerprint density at radius 2 is 1.91 bits per heavy atom. The fourth-order valence-electron chi connectivity index (χ4n) is 1.85. The van der Waals surface area contributed by atoms with Crippen molar-refractivity contribution in [3.63, 3.8) is 0 Å². The molecular weight excluding hydrogens is 328 g/mol. The summed E-state index contributed by atoms with van der Waals surface area (Å²) in [6, 6.07) is 4.80. The Labute approximate surface area is 129 Å². The van der Waals surface area contributed by atoms with Gasteiger partial charge in [0.2, 0.25) is 10.0 Å². The van der Waals surface area contributed by atoms with Crippen molar-refractivity contribution >= 4 is 19.9 Å². The van der Waals surface area contributed by atoms with Crippen molar-refractivity contribution < 1.29 is 16.8 Å². The van der Waals surface area contributed by atoms with E-state index in [9.17, 15) is 16.8 Å². The molecule has 1 atom stereocenters. The minimum Gasteiger partial charge on any atom is -0.251 e. The number of aromatic nitrogens is 3. The summed E-state index contributed by atoms with van der Waals surface area (Å²) in [6.45, 7) is 1.99. The monoisotopic (exact) mass is 344 g/mol. The van der Waals surface area contributed by atoms with Crippen LogP contribution in [-0.2, 0) is 26.4 Å². The summed E-state index contributed by atoms with van der Waals surface area (Å²) >= 11 is 0. The van der Waals surface area contributed by atoms with Gasteiger partial charge in [-0.05, 0) is 25.1 Å². The second-order valence-corrected chi connectivity index (χ2v) is 8.62. The number of nitrogens with one attached hydrogen (secondary N) is 1. The van der Waals surface area contributed by atoms with E-state index in [1.54, 1.807) is 6.92 Å². The predicted molar refractivity (Wildman–Crippen MR) is 79.4 cm³/mol. The van der Waals surface area contributed by atoms with Crippen LogP contribution in [0.4, 0.5) is 0 Å². The van der Waals surface area contributed by atoms with Crippen molar-refractivity contribution in [2.45, 2.75) is 29.3 Å². The first-order valence-corrected chi connectivity index (χ1v) is 9.71. The van der Waals surface area contributed by atoms with Gasteiger partial charge in [-0.3, -0.25) is 4.68 Å². The molecule has 1 N–H and O–H groups in total. The molecule has 0 aliphatic rings. The fourth-order valence-corrected chi connectivity index (χ4v) is 3.87. The maximum absolute atomic E-state index is 12.3. The van der Waals surface area contributed by atoms with Crippen LogP contribution in [0.25, 0.3) is 0 Å². The Balaban J connectivity index is 2.20. The molecule has 0 saturated carbocycles. The van der Waals surface area contributed by atoms with Crippen LogP contribution in [-0.4, -0.2) is 43.9 Å². The summed E-state index contributed by atoms with van der Waals surface area (Å²) in [4.78, 5) is 3.64. The van der Waals surface area contributed by atoms with Crippen LogP contribution in [0.3, 0.4) is 0 Å². The maximum Gasteiger partial charge on any atom is 0.240 e. The molecule has 120 valence electrons. The van der Waals surface area contributed by atoms with E-state index in [1.165, 1.54) is 35.5 Å². The number of rotatable bonds is 6. The molecule has 8 nitrogen and oxygen atoms in total. The lowest BCUT2D eigenvalue weighted by Crippen LogP contribution is -2.35. The van der Waals surface area contributed by atoms with Crippen LogP contribution in [0.1, 0.15) is 6.92 Å². The van der Waals surface area contributed by atoms with Gasteiger partial charge in [-0.2, -0.15) is 5.10 Å². The normalized spacial score (nSPS) is 13.9. The van der Waals surface area contributed by atoms with Crippen molar-refractivity contribution in [1.82, 2.24) is 19.5 Å². The van der Waals surface area contributed by atoms with E-state index in [0.717, 1.165) is 12.3 Å². The molecular formula is C12H16N4O4S2. The van der Waals surface area contributed by atoms with Gasteiger partial charge in [-0.25, -0.2) is 26.5 Å². The second kappa shape index (κ2) is 6.15. The van der Waals surface area contributed by atoms with Crippen LogP contribution in [0, 0.1) is 0 Å².